The minimum absolute atomic E-state index is 0.397. The number of anilines is 2. The summed E-state index contributed by atoms with van der Waals surface area (Å²) in [7, 11) is 0. The summed E-state index contributed by atoms with van der Waals surface area (Å²) in [4.78, 5) is 11.8. The van der Waals surface area contributed by atoms with Crippen LogP contribution in [0.3, 0.4) is 0 Å². The molecule has 1 aliphatic heterocycles. The monoisotopic (exact) mass is 366 g/mol. The van der Waals surface area contributed by atoms with Gasteiger partial charge in [-0.25, -0.2) is 4.98 Å². The maximum absolute atomic E-state index is 6.24. The van der Waals surface area contributed by atoms with Gasteiger partial charge in [0.15, 0.2) is 5.82 Å². The van der Waals surface area contributed by atoms with E-state index in [0.29, 0.717) is 6.04 Å². The van der Waals surface area contributed by atoms with Gasteiger partial charge in [-0.3, -0.25) is 9.88 Å². The largest absolute Gasteiger partial charge is 0.338 e. The van der Waals surface area contributed by atoms with Crippen molar-refractivity contribution in [3.63, 3.8) is 0 Å². The standard InChI is InChI=1S/C21H23ClN4/c1-14-18(22)6-5-7-19(14)25-21-20-16(8-9-23-21)12-17(13-24-20)15(2)26-10-3-4-11-26/h5-9,12-13,15H,3-4,10-11H2,1-2H3,(H,23,25). The molecule has 3 aromatic rings. The van der Waals surface area contributed by atoms with Crippen molar-refractivity contribution in [1.29, 1.82) is 0 Å². The SMILES string of the molecule is Cc1c(Cl)cccc1Nc1nccc2cc(C(C)N3CCCC3)cnc12. The van der Waals surface area contributed by atoms with Gasteiger partial charge in [0, 0.05) is 34.5 Å². The molecule has 4 nitrogen and oxygen atoms in total. The van der Waals surface area contributed by atoms with Crippen LogP contribution in [-0.4, -0.2) is 28.0 Å². The minimum Gasteiger partial charge on any atom is -0.338 e. The average molecular weight is 367 g/mol. The second kappa shape index (κ2) is 7.22. The predicted molar refractivity (Wildman–Crippen MR) is 108 cm³/mol. The second-order valence-electron chi connectivity index (χ2n) is 6.96. The number of nitrogens with one attached hydrogen (secondary N) is 1. The average Bonchev–Trinajstić information content (AvgIpc) is 3.19. The molecule has 0 saturated carbocycles. The number of rotatable bonds is 4. The Balaban J connectivity index is 1.67. The molecule has 134 valence electrons. The lowest BCUT2D eigenvalue weighted by atomic mass is 10.1. The number of likely N-dealkylation sites (tertiary alicyclic amines) is 1. The van der Waals surface area contributed by atoms with Crippen LogP contribution in [0.4, 0.5) is 11.5 Å². The highest BCUT2D eigenvalue weighted by molar-refractivity contribution is 6.31. The van der Waals surface area contributed by atoms with E-state index >= 15 is 0 Å². The molecule has 26 heavy (non-hydrogen) atoms. The molecule has 1 saturated heterocycles. The van der Waals surface area contributed by atoms with Crippen molar-refractivity contribution in [2.75, 3.05) is 18.4 Å². The lowest BCUT2D eigenvalue weighted by Crippen LogP contribution is -2.23. The zero-order chi connectivity index (χ0) is 18.1. The molecule has 4 rings (SSSR count). The van der Waals surface area contributed by atoms with Crippen molar-refractivity contribution in [1.82, 2.24) is 14.9 Å². The summed E-state index contributed by atoms with van der Waals surface area (Å²) in [6, 6.07) is 10.5. The maximum atomic E-state index is 6.24. The summed E-state index contributed by atoms with van der Waals surface area (Å²) in [5.41, 5.74) is 4.10. The van der Waals surface area contributed by atoms with Crippen LogP contribution in [0.15, 0.2) is 42.7 Å². The van der Waals surface area contributed by atoms with Crippen LogP contribution in [0.1, 0.15) is 36.9 Å². The van der Waals surface area contributed by atoms with E-state index in [1.165, 1.54) is 31.5 Å². The number of aromatic nitrogens is 2. The summed E-state index contributed by atoms with van der Waals surface area (Å²) in [5, 5.41) is 5.23. The van der Waals surface area contributed by atoms with Crippen LogP contribution < -0.4 is 5.32 Å². The van der Waals surface area contributed by atoms with Crippen molar-refractivity contribution in [3.05, 3.63) is 58.9 Å². The number of hydrogen-bond acceptors (Lipinski definition) is 4. The Morgan fingerprint density at radius 3 is 2.77 bits per heavy atom. The Labute approximate surface area is 159 Å². The van der Waals surface area contributed by atoms with Gasteiger partial charge in [0.2, 0.25) is 0 Å². The fourth-order valence-corrected chi connectivity index (χ4v) is 3.78. The highest BCUT2D eigenvalue weighted by Crippen LogP contribution is 2.30. The van der Waals surface area contributed by atoms with Crippen LogP contribution in [0.25, 0.3) is 10.9 Å². The van der Waals surface area contributed by atoms with Gasteiger partial charge >= 0.3 is 0 Å². The van der Waals surface area contributed by atoms with Crippen LogP contribution in [0.5, 0.6) is 0 Å². The van der Waals surface area contributed by atoms with E-state index in [-0.39, 0.29) is 0 Å². The zero-order valence-corrected chi connectivity index (χ0v) is 15.9. The molecule has 1 aromatic carbocycles. The molecule has 3 heterocycles. The third kappa shape index (κ3) is 3.27. The Bertz CT molecular complexity index is 934. The summed E-state index contributed by atoms with van der Waals surface area (Å²) in [6.07, 6.45) is 6.41. The number of fused-ring (bicyclic) bond motifs is 1. The van der Waals surface area contributed by atoms with Gasteiger partial charge in [-0.05, 0) is 75.2 Å². The molecule has 1 fully saturated rings. The first-order valence-electron chi connectivity index (χ1n) is 9.14. The fourth-order valence-electron chi connectivity index (χ4n) is 3.61. The van der Waals surface area contributed by atoms with E-state index in [0.717, 1.165) is 33.0 Å². The third-order valence-electron chi connectivity index (χ3n) is 5.31. The molecular weight excluding hydrogens is 344 g/mol. The highest BCUT2D eigenvalue weighted by atomic mass is 35.5. The molecule has 1 unspecified atom stereocenters. The van der Waals surface area contributed by atoms with E-state index in [1.54, 1.807) is 0 Å². The van der Waals surface area contributed by atoms with Crippen molar-refractivity contribution < 1.29 is 0 Å². The Morgan fingerprint density at radius 1 is 1.15 bits per heavy atom. The van der Waals surface area contributed by atoms with E-state index in [4.69, 9.17) is 16.6 Å². The summed E-state index contributed by atoms with van der Waals surface area (Å²) < 4.78 is 0. The van der Waals surface area contributed by atoms with E-state index in [9.17, 15) is 0 Å². The summed E-state index contributed by atoms with van der Waals surface area (Å²) >= 11 is 6.24. The van der Waals surface area contributed by atoms with Gasteiger partial charge in [-0.15, -0.1) is 0 Å². The first-order chi connectivity index (χ1) is 12.6. The fraction of sp³-hybridized carbons (Fsp3) is 0.333. The molecule has 0 spiro atoms. The Morgan fingerprint density at radius 2 is 1.96 bits per heavy atom. The van der Waals surface area contributed by atoms with Gasteiger partial charge in [-0.2, -0.15) is 0 Å². The molecule has 0 radical (unpaired) electrons. The smallest absolute Gasteiger partial charge is 0.156 e. The number of nitrogens with zero attached hydrogens (tertiary/aromatic N) is 3. The van der Waals surface area contributed by atoms with Gasteiger partial charge in [0.1, 0.15) is 5.52 Å². The lowest BCUT2D eigenvalue weighted by Gasteiger charge is -2.24. The molecule has 0 amide bonds. The summed E-state index contributed by atoms with van der Waals surface area (Å²) in [5.74, 6) is 0.758. The van der Waals surface area contributed by atoms with Gasteiger partial charge < -0.3 is 5.32 Å². The molecule has 1 atom stereocenters. The number of halogens is 1. The van der Waals surface area contributed by atoms with E-state index < -0.39 is 0 Å². The Kier molecular flexibility index (Phi) is 4.79. The molecule has 1 aliphatic rings. The maximum Gasteiger partial charge on any atom is 0.156 e. The minimum atomic E-state index is 0.397. The number of benzene rings is 1. The predicted octanol–water partition coefficient (Wildman–Crippen LogP) is 5.49. The molecular formula is C21H23ClN4. The van der Waals surface area contributed by atoms with E-state index in [2.05, 4.69) is 28.2 Å². The molecule has 2 aromatic heterocycles. The third-order valence-corrected chi connectivity index (χ3v) is 5.72. The van der Waals surface area contributed by atoms with Crippen LogP contribution in [0.2, 0.25) is 5.02 Å². The first-order valence-corrected chi connectivity index (χ1v) is 9.52. The second-order valence-corrected chi connectivity index (χ2v) is 7.36. The van der Waals surface area contributed by atoms with Crippen LogP contribution >= 0.6 is 11.6 Å². The molecule has 0 bridgehead atoms. The topological polar surface area (TPSA) is 41.1 Å². The number of pyridine rings is 2. The van der Waals surface area contributed by atoms with Gasteiger partial charge in [0.05, 0.1) is 0 Å². The lowest BCUT2D eigenvalue weighted by molar-refractivity contribution is 0.263. The quantitative estimate of drug-likeness (QED) is 0.662. The van der Waals surface area contributed by atoms with Crippen molar-refractivity contribution in [2.24, 2.45) is 0 Å². The molecule has 1 N–H and O–H groups in total. The van der Waals surface area contributed by atoms with E-state index in [1.807, 2.05) is 43.6 Å². The van der Waals surface area contributed by atoms with Crippen LogP contribution in [-0.2, 0) is 0 Å². The van der Waals surface area contributed by atoms with Gasteiger partial charge in [-0.1, -0.05) is 17.7 Å². The molecule has 5 heteroatoms. The van der Waals surface area contributed by atoms with Crippen molar-refractivity contribution in [2.45, 2.75) is 32.7 Å². The van der Waals surface area contributed by atoms with Crippen molar-refractivity contribution in [3.8, 4) is 0 Å². The van der Waals surface area contributed by atoms with Crippen LogP contribution in [0, 0.1) is 6.92 Å². The number of hydrogen-bond donors (Lipinski definition) is 1. The highest BCUT2D eigenvalue weighted by Gasteiger charge is 2.20. The normalized spacial score (nSPS) is 16.1. The van der Waals surface area contributed by atoms with Crippen molar-refractivity contribution >= 4 is 34.0 Å². The molecule has 0 aliphatic carbocycles. The zero-order valence-electron chi connectivity index (χ0n) is 15.2. The first kappa shape index (κ1) is 17.3. The Hall–Kier alpha value is -2.17. The summed E-state index contributed by atoms with van der Waals surface area (Å²) in [6.45, 7) is 6.62. The van der Waals surface area contributed by atoms with Gasteiger partial charge in [0.25, 0.3) is 0 Å².